The van der Waals surface area contributed by atoms with Crippen molar-refractivity contribution in [2.75, 3.05) is 67.5 Å². The quantitative estimate of drug-likeness (QED) is 0.673. The SMILES string of the molecule is CN1CCN(C)C1=NCCCCCN=C1N(C)CCN1C. The van der Waals surface area contributed by atoms with Crippen LogP contribution in [0.1, 0.15) is 19.3 Å². The molecule has 0 aromatic rings. The summed E-state index contributed by atoms with van der Waals surface area (Å²) in [5.74, 6) is 2.29. The molecule has 0 spiro atoms. The molecule has 0 radical (unpaired) electrons. The summed E-state index contributed by atoms with van der Waals surface area (Å²) in [6.07, 6.45) is 3.51. The molecular formula is C15H30N6. The maximum atomic E-state index is 4.70. The van der Waals surface area contributed by atoms with Crippen LogP contribution in [0.15, 0.2) is 9.98 Å². The fraction of sp³-hybridized carbons (Fsp3) is 0.867. The highest BCUT2D eigenvalue weighted by Gasteiger charge is 2.19. The number of hydrogen-bond acceptors (Lipinski definition) is 2. The van der Waals surface area contributed by atoms with Crippen LogP contribution in [0.3, 0.4) is 0 Å². The molecule has 6 heteroatoms. The predicted molar refractivity (Wildman–Crippen MR) is 89.0 cm³/mol. The Morgan fingerprint density at radius 3 is 1.29 bits per heavy atom. The second-order valence-corrected chi connectivity index (χ2v) is 6.11. The third kappa shape index (κ3) is 4.25. The first-order valence-electron chi connectivity index (χ1n) is 8.03. The van der Waals surface area contributed by atoms with Gasteiger partial charge in [0.1, 0.15) is 0 Å². The Labute approximate surface area is 129 Å². The van der Waals surface area contributed by atoms with Crippen molar-refractivity contribution in [1.29, 1.82) is 0 Å². The molecule has 0 amide bonds. The molecule has 0 atom stereocenters. The Morgan fingerprint density at radius 2 is 0.952 bits per heavy atom. The van der Waals surface area contributed by atoms with Crippen LogP contribution in [-0.4, -0.2) is 99.0 Å². The van der Waals surface area contributed by atoms with Crippen molar-refractivity contribution in [2.24, 2.45) is 9.98 Å². The highest BCUT2D eigenvalue weighted by atomic mass is 15.4. The van der Waals surface area contributed by atoms with Crippen molar-refractivity contribution < 1.29 is 0 Å². The van der Waals surface area contributed by atoms with Gasteiger partial charge in [-0.2, -0.15) is 0 Å². The predicted octanol–water partition coefficient (Wildman–Crippen LogP) is 0.623. The van der Waals surface area contributed by atoms with Gasteiger partial charge >= 0.3 is 0 Å². The molecule has 0 N–H and O–H groups in total. The van der Waals surface area contributed by atoms with E-state index in [0.717, 1.165) is 64.0 Å². The average Bonchev–Trinajstić information content (AvgIpc) is 2.94. The number of nitrogens with zero attached hydrogens (tertiary/aromatic N) is 6. The van der Waals surface area contributed by atoms with Crippen LogP contribution < -0.4 is 0 Å². The summed E-state index contributed by atoms with van der Waals surface area (Å²) in [7, 11) is 8.47. The smallest absolute Gasteiger partial charge is 0.196 e. The van der Waals surface area contributed by atoms with E-state index in [2.05, 4.69) is 47.8 Å². The lowest BCUT2D eigenvalue weighted by atomic mass is 10.2. The Morgan fingerprint density at radius 1 is 0.619 bits per heavy atom. The zero-order valence-corrected chi connectivity index (χ0v) is 14.0. The number of aliphatic imine (C=N–C) groups is 2. The Bertz CT molecular complexity index is 332. The van der Waals surface area contributed by atoms with E-state index in [1.54, 1.807) is 0 Å². The molecule has 0 aromatic heterocycles. The lowest BCUT2D eigenvalue weighted by Crippen LogP contribution is -2.28. The zero-order chi connectivity index (χ0) is 15.2. The van der Waals surface area contributed by atoms with Gasteiger partial charge in [-0.1, -0.05) is 0 Å². The summed E-state index contributed by atoms with van der Waals surface area (Å²) in [5.41, 5.74) is 0. The summed E-state index contributed by atoms with van der Waals surface area (Å²) < 4.78 is 0. The van der Waals surface area contributed by atoms with Crippen molar-refractivity contribution in [3.05, 3.63) is 0 Å². The Hall–Kier alpha value is -1.46. The second-order valence-electron chi connectivity index (χ2n) is 6.11. The maximum absolute atomic E-state index is 4.70. The van der Waals surface area contributed by atoms with E-state index < -0.39 is 0 Å². The second kappa shape index (κ2) is 7.52. The summed E-state index contributed by atoms with van der Waals surface area (Å²) in [6.45, 7) is 6.23. The van der Waals surface area contributed by atoms with Gasteiger partial charge in [0.25, 0.3) is 0 Å². The molecule has 2 rings (SSSR count). The minimum absolute atomic E-state index is 0.931. The molecule has 21 heavy (non-hydrogen) atoms. The third-order valence-corrected chi connectivity index (χ3v) is 4.23. The molecule has 0 aliphatic carbocycles. The Balaban J connectivity index is 1.60. The molecule has 2 fully saturated rings. The van der Waals surface area contributed by atoms with Crippen molar-refractivity contribution in [2.45, 2.75) is 19.3 Å². The molecule has 2 saturated heterocycles. The van der Waals surface area contributed by atoms with Gasteiger partial charge < -0.3 is 19.6 Å². The highest BCUT2D eigenvalue weighted by Crippen LogP contribution is 2.06. The molecule has 0 unspecified atom stereocenters. The number of likely N-dealkylation sites (N-methyl/N-ethyl adjacent to an activating group) is 4. The first-order chi connectivity index (χ1) is 10.1. The van der Waals surface area contributed by atoms with Crippen molar-refractivity contribution in [1.82, 2.24) is 19.6 Å². The van der Waals surface area contributed by atoms with Crippen LogP contribution in [-0.2, 0) is 0 Å². The Kier molecular flexibility index (Phi) is 5.70. The number of rotatable bonds is 6. The fourth-order valence-corrected chi connectivity index (χ4v) is 2.82. The number of hydrogen-bond donors (Lipinski definition) is 0. The molecule has 120 valence electrons. The topological polar surface area (TPSA) is 37.7 Å². The van der Waals surface area contributed by atoms with Crippen molar-refractivity contribution in [3.63, 3.8) is 0 Å². The van der Waals surface area contributed by atoms with Gasteiger partial charge in [-0.15, -0.1) is 0 Å². The van der Waals surface area contributed by atoms with Crippen molar-refractivity contribution >= 4 is 11.9 Å². The highest BCUT2D eigenvalue weighted by molar-refractivity contribution is 5.81. The largest absolute Gasteiger partial charge is 0.344 e. The normalized spacial score (nSPS) is 19.0. The number of unbranched alkanes of at least 4 members (excludes halogenated alkanes) is 2. The fourth-order valence-electron chi connectivity index (χ4n) is 2.82. The van der Waals surface area contributed by atoms with Gasteiger partial charge in [0.15, 0.2) is 11.9 Å². The lowest BCUT2D eigenvalue weighted by molar-refractivity contribution is 0.553. The molecule has 2 aliphatic heterocycles. The van der Waals surface area contributed by atoms with E-state index in [9.17, 15) is 0 Å². The summed E-state index contributed by atoms with van der Waals surface area (Å²) in [5, 5.41) is 0. The average molecular weight is 294 g/mol. The van der Waals surface area contributed by atoms with Crippen LogP contribution in [0, 0.1) is 0 Å². The van der Waals surface area contributed by atoms with E-state index in [0.29, 0.717) is 0 Å². The molecule has 0 bridgehead atoms. The summed E-state index contributed by atoms with van der Waals surface area (Å²) in [6, 6.07) is 0. The molecule has 0 saturated carbocycles. The van der Waals surface area contributed by atoms with Gasteiger partial charge in [0, 0.05) is 67.5 Å². The van der Waals surface area contributed by atoms with Crippen LogP contribution in [0.25, 0.3) is 0 Å². The summed E-state index contributed by atoms with van der Waals surface area (Å²) in [4.78, 5) is 18.3. The van der Waals surface area contributed by atoms with Crippen molar-refractivity contribution in [3.8, 4) is 0 Å². The number of guanidine groups is 2. The first-order valence-corrected chi connectivity index (χ1v) is 8.03. The van der Waals surface area contributed by atoms with Crippen LogP contribution >= 0.6 is 0 Å². The van der Waals surface area contributed by atoms with E-state index in [1.807, 2.05) is 0 Å². The van der Waals surface area contributed by atoms with Gasteiger partial charge in [-0.25, -0.2) is 0 Å². The van der Waals surface area contributed by atoms with E-state index >= 15 is 0 Å². The van der Waals surface area contributed by atoms with E-state index in [1.165, 1.54) is 6.42 Å². The minimum Gasteiger partial charge on any atom is -0.344 e. The van der Waals surface area contributed by atoms with Gasteiger partial charge in [-0.3, -0.25) is 9.98 Å². The molecule has 2 aliphatic rings. The van der Waals surface area contributed by atoms with E-state index in [4.69, 9.17) is 9.98 Å². The van der Waals surface area contributed by atoms with Crippen LogP contribution in [0.4, 0.5) is 0 Å². The third-order valence-electron chi connectivity index (χ3n) is 4.23. The van der Waals surface area contributed by atoms with Crippen LogP contribution in [0.5, 0.6) is 0 Å². The van der Waals surface area contributed by atoms with Gasteiger partial charge in [-0.05, 0) is 19.3 Å². The van der Waals surface area contributed by atoms with Gasteiger partial charge in [0.2, 0.25) is 0 Å². The van der Waals surface area contributed by atoms with Gasteiger partial charge in [0.05, 0.1) is 0 Å². The van der Waals surface area contributed by atoms with Crippen LogP contribution in [0.2, 0.25) is 0 Å². The zero-order valence-electron chi connectivity index (χ0n) is 14.0. The molecule has 2 heterocycles. The standard InChI is InChI=1S/C15H30N6/c1-18-10-11-19(2)14(18)16-8-6-5-7-9-17-15-20(3)12-13-21(15)4/h5-13H2,1-4H3. The van der Waals surface area contributed by atoms with E-state index in [-0.39, 0.29) is 0 Å². The monoisotopic (exact) mass is 294 g/mol. The lowest BCUT2D eigenvalue weighted by Gasteiger charge is -2.16. The molecule has 0 aromatic carbocycles. The molecular weight excluding hydrogens is 264 g/mol. The maximum Gasteiger partial charge on any atom is 0.196 e. The summed E-state index contributed by atoms with van der Waals surface area (Å²) >= 11 is 0. The molecule has 6 nitrogen and oxygen atoms in total. The minimum atomic E-state index is 0.931. The first kappa shape index (κ1) is 15.9.